The molecule has 1 atom stereocenters. The topological polar surface area (TPSA) is 38.0 Å². The average Bonchev–Trinajstić information content (AvgIpc) is 3.01. The van der Waals surface area contributed by atoms with Gasteiger partial charge in [0.1, 0.15) is 0 Å². The van der Waals surface area contributed by atoms with E-state index in [9.17, 15) is 5.11 Å². The van der Waals surface area contributed by atoms with Crippen LogP contribution in [-0.2, 0) is 19.3 Å². The molecule has 3 heteroatoms. The molecule has 1 heterocycles. The molecule has 0 radical (unpaired) electrons. The number of rotatable bonds is 4. The molecule has 1 unspecified atom stereocenters. The van der Waals surface area contributed by atoms with Gasteiger partial charge in [0.05, 0.1) is 11.3 Å². The number of nitrogens with zero attached hydrogens (tertiary/aromatic N) is 2. The Bertz CT molecular complexity index is 578. The first-order valence-electron chi connectivity index (χ1n) is 7.43. The van der Waals surface area contributed by atoms with Crippen LogP contribution < -0.4 is 0 Å². The fourth-order valence-corrected chi connectivity index (χ4v) is 3.04. The van der Waals surface area contributed by atoms with Crippen molar-refractivity contribution in [3.63, 3.8) is 0 Å². The quantitative estimate of drug-likeness (QED) is 0.927. The fraction of sp³-hybridized carbons (Fsp3) is 0.471. The molecule has 106 valence electrons. The molecular formula is C17H22N2O. The molecule has 3 rings (SSSR count). The Morgan fingerprint density at radius 1 is 1.25 bits per heavy atom. The molecule has 1 aromatic carbocycles. The summed E-state index contributed by atoms with van der Waals surface area (Å²) in [7, 11) is 0. The van der Waals surface area contributed by atoms with E-state index < -0.39 is 5.60 Å². The smallest absolute Gasteiger partial charge is 0.0784 e. The lowest BCUT2D eigenvalue weighted by atomic mass is 9.94. The van der Waals surface area contributed by atoms with Gasteiger partial charge in [0.15, 0.2) is 0 Å². The molecule has 1 N–H and O–H groups in total. The first-order valence-corrected chi connectivity index (χ1v) is 7.43. The van der Waals surface area contributed by atoms with Crippen molar-refractivity contribution in [2.45, 2.75) is 51.2 Å². The van der Waals surface area contributed by atoms with E-state index in [1.807, 2.05) is 29.1 Å². The molecule has 0 aliphatic heterocycles. The van der Waals surface area contributed by atoms with Crippen molar-refractivity contribution in [2.75, 3.05) is 0 Å². The number of aliphatic hydroxyl groups is 1. The van der Waals surface area contributed by atoms with E-state index in [1.54, 1.807) is 0 Å². The number of aromatic nitrogens is 2. The van der Waals surface area contributed by atoms with Crippen molar-refractivity contribution in [2.24, 2.45) is 0 Å². The van der Waals surface area contributed by atoms with Crippen LogP contribution in [0.2, 0.25) is 0 Å². The molecular weight excluding hydrogens is 248 g/mol. The summed E-state index contributed by atoms with van der Waals surface area (Å²) in [6, 6.07) is 10.8. The second-order valence-corrected chi connectivity index (χ2v) is 6.07. The summed E-state index contributed by atoms with van der Waals surface area (Å²) in [5.41, 5.74) is 2.87. The molecule has 0 bridgehead atoms. The monoisotopic (exact) mass is 270 g/mol. The third kappa shape index (κ3) is 2.50. The fourth-order valence-electron chi connectivity index (χ4n) is 3.04. The third-order valence-corrected chi connectivity index (χ3v) is 4.37. The summed E-state index contributed by atoms with van der Waals surface area (Å²) in [6.07, 6.45) is 5.19. The Labute approximate surface area is 120 Å². The molecule has 0 saturated heterocycles. The van der Waals surface area contributed by atoms with Crippen molar-refractivity contribution in [1.82, 2.24) is 9.78 Å². The SMILES string of the molecule is CCC(C)n1ccc(CC2(O)Cc3ccccc3C2)n1. The molecule has 1 aliphatic carbocycles. The lowest BCUT2D eigenvalue weighted by Crippen LogP contribution is -2.32. The Morgan fingerprint density at radius 2 is 1.90 bits per heavy atom. The highest BCUT2D eigenvalue weighted by molar-refractivity contribution is 5.35. The van der Waals surface area contributed by atoms with E-state index in [4.69, 9.17) is 0 Å². The lowest BCUT2D eigenvalue weighted by molar-refractivity contribution is 0.0506. The molecule has 3 nitrogen and oxygen atoms in total. The first kappa shape index (κ1) is 13.4. The molecule has 0 amide bonds. The summed E-state index contributed by atoms with van der Waals surface area (Å²) in [4.78, 5) is 0. The van der Waals surface area contributed by atoms with Gasteiger partial charge in [-0.3, -0.25) is 4.68 Å². The van der Waals surface area contributed by atoms with Crippen LogP contribution in [0.15, 0.2) is 36.5 Å². The predicted molar refractivity (Wildman–Crippen MR) is 79.7 cm³/mol. The maximum atomic E-state index is 10.8. The summed E-state index contributed by atoms with van der Waals surface area (Å²) >= 11 is 0. The summed E-state index contributed by atoms with van der Waals surface area (Å²) < 4.78 is 2.00. The Kier molecular flexibility index (Phi) is 3.38. The zero-order chi connectivity index (χ0) is 14.2. The summed E-state index contributed by atoms with van der Waals surface area (Å²) in [5.74, 6) is 0. The van der Waals surface area contributed by atoms with Gasteiger partial charge in [-0.25, -0.2) is 0 Å². The maximum absolute atomic E-state index is 10.8. The van der Waals surface area contributed by atoms with Crippen LogP contribution in [-0.4, -0.2) is 20.5 Å². The second-order valence-electron chi connectivity index (χ2n) is 6.07. The number of benzene rings is 1. The van der Waals surface area contributed by atoms with Crippen molar-refractivity contribution in [1.29, 1.82) is 0 Å². The van der Waals surface area contributed by atoms with Crippen LogP contribution in [0.4, 0.5) is 0 Å². The highest BCUT2D eigenvalue weighted by atomic mass is 16.3. The minimum atomic E-state index is -0.668. The zero-order valence-corrected chi connectivity index (χ0v) is 12.2. The first-order chi connectivity index (χ1) is 9.59. The van der Waals surface area contributed by atoms with Crippen molar-refractivity contribution in [3.05, 3.63) is 53.3 Å². The van der Waals surface area contributed by atoms with E-state index >= 15 is 0 Å². The van der Waals surface area contributed by atoms with Crippen molar-refractivity contribution < 1.29 is 5.11 Å². The van der Waals surface area contributed by atoms with E-state index in [2.05, 4.69) is 31.1 Å². The van der Waals surface area contributed by atoms with Crippen LogP contribution in [0.3, 0.4) is 0 Å². The van der Waals surface area contributed by atoms with Crippen molar-refractivity contribution in [3.8, 4) is 0 Å². The molecule has 2 aromatic rings. The Balaban J connectivity index is 1.74. The Morgan fingerprint density at radius 3 is 2.50 bits per heavy atom. The number of hydrogen-bond donors (Lipinski definition) is 1. The second kappa shape index (κ2) is 5.06. The molecule has 0 fully saturated rings. The molecule has 1 aromatic heterocycles. The molecule has 0 spiro atoms. The van der Waals surface area contributed by atoms with Gasteiger partial charge in [0.25, 0.3) is 0 Å². The average molecular weight is 270 g/mol. The number of hydrogen-bond acceptors (Lipinski definition) is 2. The minimum absolute atomic E-state index is 0.416. The summed E-state index contributed by atoms with van der Waals surface area (Å²) in [6.45, 7) is 4.32. The van der Waals surface area contributed by atoms with Gasteiger partial charge in [-0.1, -0.05) is 31.2 Å². The van der Waals surface area contributed by atoms with Gasteiger partial charge >= 0.3 is 0 Å². The largest absolute Gasteiger partial charge is 0.389 e. The van der Waals surface area contributed by atoms with Gasteiger partial charge < -0.3 is 5.11 Å². The van der Waals surface area contributed by atoms with Crippen LogP contribution in [0.5, 0.6) is 0 Å². The lowest BCUT2D eigenvalue weighted by Gasteiger charge is -2.20. The molecule has 1 aliphatic rings. The predicted octanol–water partition coefficient (Wildman–Crippen LogP) is 2.93. The standard InChI is InChI=1S/C17H22N2O/c1-3-13(2)19-9-8-16(18-19)12-17(20)10-14-6-4-5-7-15(14)11-17/h4-9,13,20H,3,10-12H2,1-2H3. The van der Waals surface area contributed by atoms with Gasteiger partial charge in [-0.2, -0.15) is 5.10 Å². The number of fused-ring (bicyclic) bond motifs is 1. The van der Waals surface area contributed by atoms with Crippen LogP contribution in [0.1, 0.15) is 43.1 Å². The van der Waals surface area contributed by atoms with E-state index in [0.29, 0.717) is 12.5 Å². The van der Waals surface area contributed by atoms with Gasteiger partial charge in [0, 0.05) is 31.5 Å². The van der Waals surface area contributed by atoms with Gasteiger partial charge in [-0.15, -0.1) is 0 Å². The normalized spacial score (nSPS) is 17.9. The van der Waals surface area contributed by atoms with Crippen molar-refractivity contribution >= 4 is 0 Å². The Hall–Kier alpha value is -1.61. The third-order valence-electron chi connectivity index (χ3n) is 4.37. The van der Waals surface area contributed by atoms with Crippen LogP contribution in [0.25, 0.3) is 0 Å². The van der Waals surface area contributed by atoms with Gasteiger partial charge in [0.2, 0.25) is 0 Å². The highest BCUT2D eigenvalue weighted by Crippen LogP contribution is 2.32. The van der Waals surface area contributed by atoms with Gasteiger partial charge in [-0.05, 0) is 30.5 Å². The molecule has 0 saturated carbocycles. The minimum Gasteiger partial charge on any atom is -0.389 e. The molecule has 20 heavy (non-hydrogen) atoms. The van der Waals surface area contributed by atoms with E-state index in [0.717, 1.165) is 25.0 Å². The zero-order valence-electron chi connectivity index (χ0n) is 12.2. The van der Waals surface area contributed by atoms with Crippen LogP contribution >= 0.6 is 0 Å². The highest BCUT2D eigenvalue weighted by Gasteiger charge is 2.35. The summed E-state index contributed by atoms with van der Waals surface area (Å²) in [5, 5.41) is 15.4. The van der Waals surface area contributed by atoms with Crippen LogP contribution in [0, 0.1) is 0 Å². The van der Waals surface area contributed by atoms with E-state index in [-0.39, 0.29) is 0 Å². The maximum Gasteiger partial charge on any atom is 0.0784 e. The van der Waals surface area contributed by atoms with E-state index in [1.165, 1.54) is 11.1 Å².